The number of hydrogen-bond acceptors (Lipinski definition) is 8. The molecule has 0 fully saturated rings. The second-order valence-electron chi connectivity index (χ2n) is 12.1. The van der Waals surface area contributed by atoms with Gasteiger partial charge in [0.05, 0.1) is 23.3 Å². The summed E-state index contributed by atoms with van der Waals surface area (Å²) in [6.07, 6.45) is 2.74. The minimum Gasteiger partial charge on any atom is -0.494 e. The molecule has 1 aromatic carbocycles. The summed E-state index contributed by atoms with van der Waals surface area (Å²) in [6, 6.07) is 10.6. The quantitative estimate of drug-likeness (QED) is 0.120. The Balaban J connectivity index is 1.06. The van der Waals surface area contributed by atoms with Gasteiger partial charge in [0.2, 0.25) is 11.8 Å². The van der Waals surface area contributed by atoms with Gasteiger partial charge in [-0.2, -0.15) is 0 Å². The molecule has 4 rings (SSSR count). The van der Waals surface area contributed by atoms with Gasteiger partial charge in [-0.15, -0.1) is 0 Å². The maximum Gasteiger partial charge on any atom is 0.265 e. The average molecular weight is 595 g/mol. The molecule has 4 N–H and O–H groups in total. The summed E-state index contributed by atoms with van der Waals surface area (Å²) in [5, 5.41) is 5.85. The molecule has 11 heteroatoms. The normalized spacial score (nSPS) is 13.5. The number of hydrogen-bond donors (Lipinski definition) is 3. The number of nitrogens with one attached hydrogen (secondary N) is 2. The van der Waals surface area contributed by atoms with Gasteiger partial charge in [0, 0.05) is 43.8 Å². The zero-order valence-electron chi connectivity index (χ0n) is 25.4. The fraction of sp³-hybridized carbons (Fsp3) is 0.500. The molecule has 232 valence electrons. The summed E-state index contributed by atoms with van der Waals surface area (Å²) in [4.78, 5) is 51.5. The maximum atomic E-state index is 12.7. The molecule has 3 aromatic rings. The van der Waals surface area contributed by atoms with Crippen LogP contribution in [0.5, 0.6) is 5.75 Å². The maximum absolute atomic E-state index is 12.7. The van der Waals surface area contributed by atoms with Gasteiger partial charge in [0.15, 0.2) is 0 Å². The molecule has 3 heterocycles. The molecule has 11 nitrogen and oxygen atoms in total. The lowest BCUT2D eigenvalue weighted by Gasteiger charge is -2.29. The molecule has 0 saturated carbocycles. The number of carbonyl (C=O) groups excluding carboxylic acids is 4. The Labute approximate surface area is 251 Å². The minimum absolute atomic E-state index is 0.00545. The number of benzene rings is 2. The van der Waals surface area contributed by atoms with Crippen molar-refractivity contribution in [3.8, 4) is 5.75 Å². The van der Waals surface area contributed by atoms with Crippen molar-refractivity contribution in [3.05, 3.63) is 47.5 Å². The lowest BCUT2D eigenvalue weighted by atomic mass is 9.88. The molecule has 1 aliphatic rings. The van der Waals surface area contributed by atoms with Crippen LogP contribution in [0.2, 0.25) is 0 Å². The van der Waals surface area contributed by atoms with E-state index in [0.29, 0.717) is 67.1 Å². The van der Waals surface area contributed by atoms with Crippen LogP contribution in [0.4, 0.5) is 5.69 Å². The van der Waals surface area contributed by atoms with E-state index in [1.54, 1.807) is 24.3 Å². The highest BCUT2D eigenvalue weighted by Crippen LogP contribution is 2.35. The van der Waals surface area contributed by atoms with Crippen LogP contribution in [0.25, 0.3) is 11.2 Å². The Morgan fingerprint density at radius 1 is 0.860 bits per heavy atom. The van der Waals surface area contributed by atoms with Crippen molar-refractivity contribution in [2.24, 2.45) is 5.41 Å². The first kappa shape index (κ1) is 31.8. The minimum atomic E-state index is -0.594. The molecule has 0 saturated heterocycles. The molecule has 4 amide bonds. The number of furan rings is 2. The van der Waals surface area contributed by atoms with Crippen LogP contribution in [0.3, 0.4) is 0 Å². The van der Waals surface area contributed by atoms with Crippen molar-refractivity contribution in [2.45, 2.75) is 65.4 Å². The number of unbranched alkanes of at least 4 members (excludes halogenated alkanes) is 1. The lowest BCUT2D eigenvalue weighted by molar-refractivity contribution is -0.131. The molecule has 0 radical (unpaired) electrons. The number of imide groups is 1. The van der Waals surface area contributed by atoms with E-state index in [-0.39, 0.29) is 24.8 Å². The molecule has 2 bridgehead atoms. The van der Waals surface area contributed by atoms with E-state index >= 15 is 0 Å². The highest BCUT2D eigenvalue weighted by atomic mass is 16.5. The average Bonchev–Trinajstić information content (AvgIpc) is 3.63. The summed E-state index contributed by atoms with van der Waals surface area (Å²) < 4.78 is 17.1. The van der Waals surface area contributed by atoms with Gasteiger partial charge in [-0.3, -0.25) is 24.1 Å². The van der Waals surface area contributed by atoms with E-state index < -0.39 is 22.8 Å². The fourth-order valence-electron chi connectivity index (χ4n) is 4.84. The number of nitrogens with two attached hydrogens (primary N) is 1. The molecule has 2 aromatic heterocycles. The fourth-order valence-corrected chi connectivity index (χ4v) is 4.84. The smallest absolute Gasteiger partial charge is 0.265 e. The van der Waals surface area contributed by atoms with E-state index in [1.807, 2.05) is 39.8 Å². The Bertz CT molecular complexity index is 1380. The van der Waals surface area contributed by atoms with Crippen LogP contribution >= 0.6 is 0 Å². The third-order valence-corrected chi connectivity index (χ3v) is 7.72. The monoisotopic (exact) mass is 594 g/mol. The highest BCUT2D eigenvalue weighted by molar-refractivity contribution is 6.27. The number of rotatable bonds is 17. The van der Waals surface area contributed by atoms with Crippen LogP contribution in [0.15, 0.2) is 40.8 Å². The molecule has 1 aliphatic heterocycles. The van der Waals surface area contributed by atoms with Crippen molar-refractivity contribution in [1.82, 2.24) is 15.5 Å². The van der Waals surface area contributed by atoms with Crippen LogP contribution in [0.1, 0.15) is 80.5 Å². The molecule has 0 unspecified atom stereocenters. The largest absolute Gasteiger partial charge is 0.494 e. The summed E-state index contributed by atoms with van der Waals surface area (Å²) in [6.45, 7) is 9.58. The molecular formula is C32H42N4O7. The van der Waals surface area contributed by atoms with Crippen molar-refractivity contribution in [2.75, 3.05) is 38.6 Å². The van der Waals surface area contributed by atoms with E-state index in [2.05, 4.69) is 10.6 Å². The van der Waals surface area contributed by atoms with Gasteiger partial charge in [-0.25, -0.2) is 0 Å². The number of nitrogens with zero attached hydrogens (tertiary/aromatic N) is 1. The third-order valence-electron chi connectivity index (χ3n) is 7.72. The predicted octanol–water partition coefficient (Wildman–Crippen LogP) is 4.13. The lowest BCUT2D eigenvalue weighted by Crippen LogP contribution is -2.39. The molecular weight excluding hydrogens is 552 g/mol. The van der Waals surface area contributed by atoms with E-state index in [9.17, 15) is 19.2 Å². The topological polar surface area (TPSA) is 153 Å². The van der Waals surface area contributed by atoms with Gasteiger partial charge in [-0.1, -0.05) is 13.8 Å². The summed E-state index contributed by atoms with van der Waals surface area (Å²) >= 11 is 0. The van der Waals surface area contributed by atoms with Gasteiger partial charge >= 0.3 is 0 Å². The van der Waals surface area contributed by atoms with Gasteiger partial charge in [0.25, 0.3) is 11.8 Å². The zero-order chi connectivity index (χ0) is 31.2. The standard InChI is InChI=1S/C32H42N4O7/c1-31(2,30(40)35-16-5-6-19-41-22-9-7-21(33)8-10-22)15-20-42-32(3,4)14-17-34-25(37)13-18-36-28(38)26-23-11-12-24(43-23)27(26)29(36)39/h7-12H,5-6,13-20,33H2,1-4H3,(H,34,37)(H,35,40). The Hall–Kier alpha value is -4.12. The zero-order valence-corrected chi connectivity index (χ0v) is 25.4. The van der Waals surface area contributed by atoms with Crippen LogP contribution in [-0.4, -0.2) is 67.0 Å². The Kier molecular flexibility index (Phi) is 9.95. The molecule has 0 aliphatic carbocycles. The number of nitrogen functional groups attached to an aromatic ring is 1. The van der Waals surface area contributed by atoms with Gasteiger partial charge < -0.3 is 30.3 Å². The van der Waals surface area contributed by atoms with Crippen molar-refractivity contribution < 1.29 is 33.1 Å². The van der Waals surface area contributed by atoms with Crippen molar-refractivity contribution in [1.29, 1.82) is 0 Å². The first-order chi connectivity index (χ1) is 20.4. The second-order valence-corrected chi connectivity index (χ2v) is 12.1. The SMILES string of the molecule is CC(C)(CCNC(=O)CCN1C(=O)c2c(c3ccc2o3)C1=O)OCCC(C)(C)C(=O)NCCCCOc1ccc(N)cc1. The third kappa shape index (κ3) is 8.04. The van der Waals surface area contributed by atoms with E-state index in [0.717, 1.165) is 23.5 Å². The number of carbonyl (C=O) groups is 4. The molecule has 0 atom stereocenters. The number of fused-ring (bicyclic) bond motifs is 5. The number of ether oxygens (including phenoxy) is 2. The Morgan fingerprint density at radius 2 is 1.51 bits per heavy atom. The second kappa shape index (κ2) is 13.5. The van der Waals surface area contributed by atoms with E-state index in [4.69, 9.17) is 19.6 Å². The summed E-state index contributed by atoms with van der Waals surface area (Å²) in [7, 11) is 0. The summed E-state index contributed by atoms with van der Waals surface area (Å²) in [5.41, 5.74) is 6.63. The summed E-state index contributed by atoms with van der Waals surface area (Å²) in [5.74, 6) is -0.348. The first-order valence-electron chi connectivity index (χ1n) is 14.8. The number of anilines is 1. The highest BCUT2D eigenvalue weighted by Gasteiger charge is 2.41. The molecule has 0 spiro atoms. The van der Waals surface area contributed by atoms with Crippen LogP contribution < -0.4 is 21.1 Å². The van der Waals surface area contributed by atoms with Gasteiger partial charge in [0.1, 0.15) is 16.9 Å². The van der Waals surface area contributed by atoms with Gasteiger partial charge in [-0.05, 0) is 75.9 Å². The predicted molar refractivity (Wildman–Crippen MR) is 162 cm³/mol. The molecule has 43 heavy (non-hydrogen) atoms. The van der Waals surface area contributed by atoms with Crippen LogP contribution in [0, 0.1) is 5.41 Å². The first-order valence-corrected chi connectivity index (χ1v) is 14.8. The van der Waals surface area contributed by atoms with Crippen LogP contribution in [-0.2, 0) is 14.3 Å². The van der Waals surface area contributed by atoms with Crippen molar-refractivity contribution >= 4 is 40.5 Å². The Morgan fingerprint density at radius 3 is 2.16 bits per heavy atom. The number of amides is 4. The van der Waals surface area contributed by atoms with E-state index in [1.165, 1.54) is 0 Å². The van der Waals surface area contributed by atoms with Crippen molar-refractivity contribution in [3.63, 3.8) is 0 Å².